The molecule has 244 valence electrons. The molecule has 4 aromatic rings. The summed E-state index contributed by atoms with van der Waals surface area (Å²) in [6.45, 7) is 2.38. The molecular formula is C35H32ClF3N4O4. The minimum absolute atomic E-state index is 0.0125. The lowest BCUT2D eigenvalue weighted by atomic mass is 9.91. The van der Waals surface area contributed by atoms with Crippen LogP contribution in [0.1, 0.15) is 64.3 Å². The Kier molecular flexibility index (Phi) is 8.76. The number of pyridine rings is 1. The fourth-order valence-corrected chi connectivity index (χ4v) is 5.64. The van der Waals surface area contributed by atoms with Crippen molar-refractivity contribution in [1.82, 2.24) is 10.3 Å². The molecule has 1 saturated carbocycles. The van der Waals surface area contributed by atoms with E-state index in [0.29, 0.717) is 48.3 Å². The summed E-state index contributed by atoms with van der Waals surface area (Å²) in [7, 11) is 2.97. The number of nitrogens with zero attached hydrogens (tertiary/aromatic N) is 2. The molecule has 0 radical (unpaired) electrons. The molecule has 6 rings (SSSR count). The van der Waals surface area contributed by atoms with E-state index in [-0.39, 0.29) is 45.7 Å². The standard InChI is InChI=1S/C35H32ClF3N4O4/c1-18-17-47-33-23(18)13-29(43-32(33)24-12-26(36)28(38)14-27(24)37)25(19-5-4-6-22(10-19)45-2)16-41-34(44)20-9-21(15-42-35(39)7-8-35)31(40)30(11-20)46-3/h4-6,9-15,18,25H,7-8,16-17,40H2,1-3H3,(H,41,44)/b42-15+. The third-order valence-corrected chi connectivity index (χ3v) is 8.66. The van der Waals surface area contributed by atoms with Gasteiger partial charge < -0.3 is 25.3 Å². The number of nitrogens with two attached hydrogens (primary N) is 1. The van der Waals surface area contributed by atoms with E-state index < -0.39 is 29.3 Å². The zero-order chi connectivity index (χ0) is 33.5. The highest BCUT2D eigenvalue weighted by atomic mass is 35.5. The molecule has 0 saturated heterocycles. The number of nitrogens with one attached hydrogen (secondary N) is 1. The fraction of sp³-hybridized carbons (Fsp3) is 0.286. The lowest BCUT2D eigenvalue weighted by Gasteiger charge is -2.21. The van der Waals surface area contributed by atoms with E-state index in [9.17, 15) is 13.6 Å². The maximum Gasteiger partial charge on any atom is 0.251 e. The number of halogens is 4. The second kappa shape index (κ2) is 12.8. The minimum atomic E-state index is -1.60. The van der Waals surface area contributed by atoms with Crippen LogP contribution in [0.2, 0.25) is 5.02 Å². The Morgan fingerprint density at radius 3 is 2.68 bits per heavy atom. The van der Waals surface area contributed by atoms with Crippen molar-refractivity contribution in [3.63, 3.8) is 0 Å². The molecular weight excluding hydrogens is 633 g/mol. The summed E-state index contributed by atoms with van der Waals surface area (Å²) < 4.78 is 60.3. The van der Waals surface area contributed by atoms with E-state index in [1.165, 1.54) is 31.5 Å². The second-order valence-corrected chi connectivity index (χ2v) is 12.1. The number of ether oxygens (including phenoxy) is 3. The SMILES string of the molecule is COc1cccc(C(CNC(=O)c2cc(/C=N/C3(F)CC3)c(N)c(OC)c2)c2cc3c(c(-c4cc(Cl)c(F)cc4F)n2)OCC3C)c1. The largest absolute Gasteiger partial charge is 0.497 e. The summed E-state index contributed by atoms with van der Waals surface area (Å²) in [6, 6.07) is 14.1. The zero-order valence-corrected chi connectivity index (χ0v) is 26.6. The number of fused-ring (bicyclic) bond motifs is 1. The summed E-state index contributed by atoms with van der Waals surface area (Å²) in [5, 5.41) is 2.71. The predicted molar refractivity (Wildman–Crippen MR) is 174 cm³/mol. The molecule has 1 amide bonds. The number of rotatable bonds is 10. The van der Waals surface area contributed by atoms with Gasteiger partial charge in [-0.3, -0.25) is 9.79 Å². The molecule has 2 unspecified atom stereocenters. The summed E-state index contributed by atoms with van der Waals surface area (Å²) in [5.41, 5.74) is 9.21. The van der Waals surface area contributed by atoms with Crippen molar-refractivity contribution >= 4 is 29.4 Å². The van der Waals surface area contributed by atoms with Gasteiger partial charge >= 0.3 is 0 Å². The van der Waals surface area contributed by atoms with Crippen LogP contribution in [-0.2, 0) is 0 Å². The maximum atomic E-state index is 15.2. The summed E-state index contributed by atoms with van der Waals surface area (Å²) in [6.07, 6.45) is 1.98. The Morgan fingerprint density at radius 2 is 1.96 bits per heavy atom. The predicted octanol–water partition coefficient (Wildman–Crippen LogP) is 7.22. The molecule has 2 atom stereocenters. The number of carbonyl (C=O) groups excluding carboxylic acids is 1. The van der Waals surface area contributed by atoms with E-state index >= 15 is 4.39 Å². The van der Waals surface area contributed by atoms with Crippen LogP contribution < -0.4 is 25.3 Å². The number of hydrogen-bond donors (Lipinski definition) is 2. The van der Waals surface area contributed by atoms with Crippen LogP contribution in [0.5, 0.6) is 17.2 Å². The molecule has 12 heteroatoms. The zero-order valence-electron chi connectivity index (χ0n) is 25.9. The van der Waals surface area contributed by atoms with Gasteiger partial charge in [-0.25, -0.2) is 18.2 Å². The number of aromatic nitrogens is 1. The summed E-state index contributed by atoms with van der Waals surface area (Å²) in [4.78, 5) is 22.5. The number of alkyl halides is 1. The van der Waals surface area contributed by atoms with Gasteiger partial charge in [0.05, 0.1) is 37.2 Å². The Hall–Kier alpha value is -4.77. The minimum Gasteiger partial charge on any atom is -0.497 e. The molecule has 3 aromatic carbocycles. The van der Waals surface area contributed by atoms with Gasteiger partial charge in [0.15, 0.2) is 5.79 Å². The number of hydrogen-bond acceptors (Lipinski definition) is 7. The normalized spacial score (nSPS) is 16.8. The number of benzene rings is 3. The highest BCUT2D eigenvalue weighted by molar-refractivity contribution is 6.31. The molecule has 47 heavy (non-hydrogen) atoms. The third kappa shape index (κ3) is 6.58. The number of anilines is 1. The van der Waals surface area contributed by atoms with Crippen LogP contribution in [-0.4, -0.2) is 50.3 Å². The molecule has 1 aliphatic heterocycles. The topological polar surface area (TPSA) is 108 Å². The number of carbonyl (C=O) groups is 1. The summed E-state index contributed by atoms with van der Waals surface area (Å²) >= 11 is 6.06. The molecule has 8 nitrogen and oxygen atoms in total. The Morgan fingerprint density at radius 1 is 1.17 bits per heavy atom. The van der Waals surface area contributed by atoms with E-state index in [0.717, 1.165) is 11.1 Å². The van der Waals surface area contributed by atoms with E-state index in [4.69, 9.17) is 36.5 Å². The lowest BCUT2D eigenvalue weighted by molar-refractivity contribution is 0.0952. The molecule has 1 aromatic heterocycles. The van der Waals surface area contributed by atoms with Gasteiger partial charge in [-0.05, 0) is 42.0 Å². The van der Waals surface area contributed by atoms with Crippen molar-refractivity contribution in [1.29, 1.82) is 0 Å². The Labute approximate surface area is 274 Å². The van der Waals surface area contributed by atoms with Crippen molar-refractivity contribution in [2.24, 2.45) is 4.99 Å². The first-order valence-electron chi connectivity index (χ1n) is 15.0. The van der Waals surface area contributed by atoms with Crippen LogP contribution in [0, 0.1) is 11.6 Å². The number of aliphatic imine (C=N–C) groups is 1. The number of amides is 1. The quantitative estimate of drug-likeness (QED) is 0.0803. The molecule has 3 N–H and O–H groups in total. The molecule has 2 aliphatic rings. The second-order valence-electron chi connectivity index (χ2n) is 11.7. The van der Waals surface area contributed by atoms with Crippen LogP contribution in [0.15, 0.2) is 59.6 Å². The van der Waals surface area contributed by atoms with Crippen LogP contribution in [0.4, 0.5) is 18.9 Å². The van der Waals surface area contributed by atoms with Crippen molar-refractivity contribution in [2.45, 2.75) is 37.4 Å². The van der Waals surface area contributed by atoms with Gasteiger partial charge in [-0.2, -0.15) is 0 Å². The maximum absolute atomic E-state index is 15.2. The molecule has 0 spiro atoms. The number of methoxy groups -OCH3 is 2. The Balaban J connectivity index is 1.40. The molecule has 1 fully saturated rings. The highest BCUT2D eigenvalue weighted by Crippen LogP contribution is 2.44. The molecule has 2 heterocycles. The van der Waals surface area contributed by atoms with Crippen LogP contribution in [0.25, 0.3) is 11.3 Å². The van der Waals surface area contributed by atoms with Crippen molar-refractivity contribution in [2.75, 3.05) is 33.1 Å². The van der Waals surface area contributed by atoms with Crippen molar-refractivity contribution < 1.29 is 32.2 Å². The Bertz CT molecular complexity index is 1900. The van der Waals surface area contributed by atoms with Crippen molar-refractivity contribution in [3.8, 4) is 28.5 Å². The smallest absolute Gasteiger partial charge is 0.251 e. The first-order chi connectivity index (χ1) is 22.5. The third-order valence-electron chi connectivity index (χ3n) is 8.37. The summed E-state index contributed by atoms with van der Waals surface area (Å²) in [5.74, 6) is -3.18. The van der Waals surface area contributed by atoms with E-state index in [2.05, 4.69) is 10.3 Å². The molecule has 0 bridgehead atoms. The average Bonchev–Trinajstić information content (AvgIpc) is 3.69. The van der Waals surface area contributed by atoms with Gasteiger partial charge in [0.1, 0.15) is 34.6 Å². The first kappa shape index (κ1) is 32.2. The van der Waals surface area contributed by atoms with Crippen molar-refractivity contribution in [3.05, 3.63) is 99.2 Å². The highest BCUT2D eigenvalue weighted by Gasteiger charge is 2.42. The first-order valence-corrected chi connectivity index (χ1v) is 15.3. The van der Waals surface area contributed by atoms with Gasteiger partial charge in [0.2, 0.25) is 0 Å². The van der Waals surface area contributed by atoms with E-state index in [1.54, 1.807) is 13.2 Å². The number of nitrogen functional groups attached to an aromatic ring is 1. The van der Waals surface area contributed by atoms with Gasteiger partial charge in [-0.15, -0.1) is 0 Å². The van der Waals surface area contributed by atoms with Gasteiger partial charge in [-0.1, -0.05) is 30.7 Å². The van der Waals surface area contributed by atoms with Gasteiger partial charge in [0, 0.05) is 65.8 Å². The van der Waals surface area contributed by atoms with Crippen LogP contribution >= 0.6 is 11.6 Å². The fourth-order valence-electron chi connectivity index (χ4n) is 5.48. The van der Waals surface area contributed by atoms with E-state index in [1.807, 2.05) is 31.2 Å². The van der Waals surface area contributed by atoms with Crippen LogP contribution in [0.3, 0.4) is 0 Å². The average molecular weight is 665 g/mol. The lowest BCUT2D eigenvalue weighted by Crippen LogP contribution is -2.29. The monoisotopic (exact) mass is 664 g/mol. The molecule has 1 aliphatic carbocycles. The van der Waals surface area contributed by atoms with Gasteiger partial charge in [0.25, 0.3) is 5.91 Å².